The Morgan fingerprint density at radius 3 is 3.12 bits per heavy atom. The Balaban J connectivity index is 2.03. The minimum Gasteiger partial charge on any atom is -0.479 e. The van der Waals surface area contributed by atoms with E-state index in [1.54, 1.807) is 0 Å². The summed E-state index contributed by atoms with van der Waals surface area (Å²) in [6.45, 7) is 0.959. The molecule has 1 aliphatic rings. The van der Waals surface area contributed by atoms with Crippen molar-refractivity contribution in [2.45, 2.75) is 12.5 Å². The molecule has 1 unspecified atom stereocenters. The van der Waals surface area contributed by atoms with Crippen LogP contribution < -0.4 is 10.1 Å². The highest BCUT2D eigenvalue weighted by Crippen LogP contribution is 2.16. The van der Waals surface area contributed by atoms with Gasteiger partial charge in [-0.05, 0) is 0 Å². The Morgan fingerprint density at radius 1 is 1.59 bits per heavy atom. The maximum atomic E-state index is 12.1. The highest BCUT2D eigenvalue weighted by atomic mass is 32.2. The van der Waals surface area contributed by atoms with E-state index < -0.39 is 0 Å². The fraction of sp³-hybridized carbons (Fsp3) is 0.545. The lowest BCUT2D eigenvalue weighted by atomic mass is 10.1. The van der Waals surface area contributed by atoms with E-state index in [1.807, 2.05) is 11.8 Å². The highest BCUT2D eigenvalue weighted by molar-refractivity contribution is 7.99. The number of ether oxygens (including phenoxy) is 1. The molecule has 0 bridgehead atoms. The summed E-state index contributed by atoms with van der Waals surface area (Å²) in [6.07, 6.45) is 3.48. The molecule has 1 fully saturated rings. The summed E-state index contributed by atoms with van der Waals surface area (Å²) < 4.78 is 5.04. The molecule has 5 nitrogen and oxygen atoms in total. The van der Waals surface area contributed by atoms with Crippen LogP contribution in [0.15, 0.2) is 12.4 Å². The second-order valence-corrected chi connectivity index (χ2v) is 4.92. The molecule has 0 aromatic carbocycles. The quantitative estimate of drug-likeness (QED) is 0.799. The summed E-state index contributed by atoms with van der Waals surface area (Å²) >= 11 is 1.87. The second kappa shape index (κ2) is 5.97. The zero-order valence-electron chi connectivity index (χ0n) is 9.68. The summed E-state index contributed by atoms with van der Waals surface area (Å²) in [5.74, 6) is 2.36. The van der Waals surface area contributed by atoms with Gasteiger partial charge in [-0.2, -0.15) is 11.8 Å². The predicted octanol–water partition coefficient (Wildman–Crippen LogP) is 0.763. The molecule has 92 valence electrons. The van der Waals surface area contributed by atoms with Crippen LogP contribution in [0.3, 0.4) is 0 Å². The molecule has 1 saturated heterocycles. The van der Waals surface area contributed by atoms with Crippen molar-refractivity contribution < 1.29 is 9.53 Å². The van der Waals surface area contributed by atoms with Crippen LogP contribution in [-0.2, 0) is 0 Å². The number of carbonyl (C=O) groups is 1. The maximum absolute atomic E-state index is 12.1. The number of Topliss-reactive ketones (excluding diaryl/α,β-unsaturated/α-hetero) is 1. The summed E-state index contributed by atoms with van der Waals surface area (Å²) in [5.41, 5.74) is 0.326. The second-order valence-electron chi connectivity index (χ2n) is 3.77. The first-order chi connectivity index (χ1) is 8.31. The highest BCUT2D eigenvalue weighted by Gasteiger charge is 2.21. The fourth-order valence-corrected chi connectivity index (χ4v) is 2.69. The fourth-order valence-electron chi connectivity index (χ4n) is 1.74. The zero-order valence-corrected chi connectivity index (χ0v) is 10.5. The number of hydrogen-bond donors (Lipinski definition) is 1. The van der Waals surface area contributed by atoms with Crippen molar-refractivity contribution in [3.05, 3.63) is 18.1 Å². The van der Waals surface area contributed by atoms with Crippen molar-refractivity contribution in [3.63, 3.8) is 0 Å². The number of rotatable bonds is 4. The SMILES string of the molecule is COc1nccnc1C(=O)CC1CSCCN1. The molecule has 17 heavy (non-hydrogen) atoms. The molecule has 0 radical (unpaired) electrons. The van der Waals surface area contributed by atoms with Gasteiger partial charge in [-0.25, -0.2) is 9.97 Å². The zero-order chi connectivity index (χ0) is 12.1. The van der Waals surface area contributed by atoms with E-state index in [0.717, 1.165) is 18.1 Å². The summed E-state index contributed by atoms with van der Waals surface area (Å²) in [7, 11) is 1.50. The van der Waals surface area contributed by atoms with Crippen LogP contribution >= 0.6 is 11.8 Å². The number of nitrogens with one attached hydrogen (secondary N) is 1. The van der Waals surface area contributed by atoms with E-state index in [1.165, 1.54) is 19.5 Å². The lowest BCUT2D eigenvalue weighted by molar-refractivity contribution is 0.0963. The molecule has 2 rings (SSSR count). The number of aromatic nitrogens is 2. The van der Waals surface area contributed by atoms with Gasteiger partial charge in [0.15, 0.2) is 11.5 Å². The molecule has 1 N–H and O–H groups in total. The summed E-state index contributed by atoms with van der Waals surface area (Å²) in [4.78, 5) is 20.1. The molecular formula is C11H15N3O2S. The molecule has 0 amide bonds. The minimum absolute atomic E-state index is 0.0186. The Hall–Kier alpha value is -1.14. The van der Waals surface area contributed by atoms with E-state index in [0.29, 0.717) is 18.0 Å². The third kappa shape index (κ3) is 3.17. The molecule has 1 aromatic rings. The Morgan fingerprint density at radius 2 is 2.41 bits per heavy atom. The third-order valence-corrected chi connectivity index (χ3v) is 3.68. The molecular weight excluding hydrogens is 238 g/mol. The standard InChI is InChI=1S/C11H15N3O2S/c1-16-11-10(13-2-3-14-11)9(15)6-8-7-17-5-4-12-8/h2-3,8,12H,4-7H2,1H3. The Kier molecular flexibility index (Phi) is 4.33. The number of hydrogen-bond acceptors (Lipinski definition) is 6. The molecule has 0 aliphatic carbocycles. The molecule has 2 heterocycles. The first-order valence-corrected chi connectivity index (χ1v) is 6.66. The van der Waals surface area contributed by atoms with Gasteiger partial charge in [-0.1, -0.05) is 0 Å². The molecule has 1 aliphatic heterocycles. The third-order valence-electron chi connectivity index (χ3n) is 2.55. The number of thioether (sulfide) groups is 1. The van der Waals surface area contributed by atoms with Gasteiger partial charge >= 0.3 is 0 Å². The average Bonchev–Trinajstić information content (AvgIpc) is 2.40. The van der Waals surface area contributed by atoms with Crippen LogP contribution in [0.4, 0.5) is 0 Å². The van der Waals surface area contributed by atoms with E-state index in [2.05, 4.69) is 15.3 Å². The van der Waals surface area contributed by atoms with Gasteiger partial charge in [-0.3, -0.25) is 4.79 Å². The molecule has 1 aromatic heterocycles. The maximum Gasteiger partial charge on any atom is 0.243 e. The van der Waals surface area contributed by atoms with Gasteiger partial charge in [0.2, 0.25) is 5.88 Å². The first kappa shape index (κ1) is 12.3. The van der Waals surface area contributed by atoms with Crippen molar-refractivity contribution in [1.82, 2.24) is 15.3 Å². The average molecular weight is 253 g/mol. The monoisotopic (exact) mass is 253 g/mol. The van der Waals surface area contributed by atoms with Gasteiger partial charge in [0.05, 0.1) is 7.11 Å². The number of nitrogens with zero attached hydrogens (tertiary/aromatic N) is 2. The summed E-state index contributed by atoms with van der Waals surface area (Å²) in [5, 5.41) is 3.33. The van der Waals surface area contributed by atoms with Crippen LogP contribution in [0.5, 0.6) is 5.88 Å². The van der Waals surface area contributed by atoms with Crippen LogP contribution in [0.2, 0.25) is 0 Å². The molecule has 1 atom stereocenters. The Labute approximate surface area is 104 Å². The summed E-state index contributed by atoms with van der Waals surface area (Å²) in [6, 6.07) is 0.230. The van der Waals surface area contributed by atoms with Crippen LogP contribution in [0, 0.1) is 0 Å². The topological polar surface area (TPSA) is 64.1 Å². The van der Waals surface area contributed by atoms with E-state index >= 15 is 0 Å². The first-order valence-electron chi connectivity index (χ1n) is 5.50. The van der Waals surface area contributed by atoms with Crippen molar-refractivity contribution >= 4 is 17.5 Å². The molecule has 0 spiro atoms. The van der Waals surface area contributed by atoms with Gasteiger partial charge in [0.1, 0.15) is 0 Å². The van der Waals surface area contributed by atoms with Gasteiger partial charge in [-0.15, -0.1) is 0 Å². The van der Waals surface area contributed by atoms with E-state index in [4.69, 9.17) is 4.74 Å². The van der Waals surface area contributed by atoms with E-state index in [-0.39, 0.29) is 11.8 Å². The number of methoxy groups -OCH3 is 1. The molecule has 6 heteroatoms. The van der Waals surface area contributed by atoms with Crippen molar-refractivity contribution in [2.75, 3.05) is 25.2 Å². The van der Waals surface area contributed by atoms with Gasteiger partial charge < -0.3 is 10.1 Å². The lowest BCUT2D eigenvalue weighted by Gasteiger charge is -2.22. The van der Waals surface area contributed by atoms with Crippen molar-refractivity contribution in [3.8, 4) is 5.88 Å². The normalized spacial score (nSPS) is 19.9. The minimum atomic E-state index is -0.0186. The largest absolute Gasteiger partial charge is 0.479 e. The van der Waals surface area contributed by atoms with E-state index in [9.17, 15) is 4.79 Å². The molecule has 0 saturated carbocycles. The van der Waals surface area contributed by atoms with Gasteiger partial charge in [0, 0.05) is 42.9 Å². The number of ketones is 1. The van der Waals surface area contributed by atoms with Gasteiger partial charge in [0.25, 0.3) is 0 Å². The number of carbonyl (C=O) groups excluding carboxylic acids is 1. The van der Waals surface area contributed by atoms with Crippen molar-refractivity contribution in [1.29, 1.82) is 0 Å². The van der Waals surface area contributed by atoms with Crippen LogP contribution in [0.1, 0.15) is 16.9 Å². The van der Waals surface area contributed by atoms with Crippen LogP contribution in [0.25, 0.3) is 0 Å². The lowest BCUT2D eigenvalue weighted by Crippen LogP contribution is -2.39. The van der Waals surface area contributed by atoms with Crippen molar-refractivity contribution in [2.24, 2.45) is 0 Å². The Bertz CT molecular complexity index is 394. The van der Waals surface area contributed by atoms with Crippen LogP contribution in [-0.4, -0.2) is 47.0 Å². The smallest absolute Gasteiger partial charge is 0.243 e. The predicted molar refractivity (Wildman–Crippen MR) is 66.6 cm³/mol.